The van der Waals surface area contributed by atoms with Crippen molar-refractivity contribution >= 4 is 27.6 Å². The fraction of sp³-hybridized carbons (Fsp3) is 0.400. The Labute approximate surface area is 122 Å². The van der Waals surface area contributed by atoms with Gasteiger partial charge in [-0.1, -0.05) is 24.6 Å². The molecule has 0 aromatic heterocycles. The standard InChI is InChI=1S/C15H18BrNO2/c16-14-10-9-12-6-3-4-7-13(12)17(14)11-5-1-2-8-15(18)19/h3-4,6-7,10H,1-2,5,8-9,11H2,(H,18,19). The van der Waals surface area contributed by atoms with Crippen LogP contribution >= 0.6 is 15.9 Å². The van der Waals surface area contributed by atoms with Crippen LogP contribution in [0.25, 0.3) is 0 Å². The number of allylic oxidation sites excluding steroid dienone is 1. The van der Waals surface area contributed by atoms with Gasteiger partial charge in [0.25, 0.3) is 0 Å². The van der Waals surface area contributed by atoms with Gasteiger partial charge in [0.05, 0.1) is 4.61 Å². The number of nitrogens with zero attached hydrogens (tertiary/aromatic N) is 1. The Bertz CT molecular complexity index is 485. The van der Waals surface area contributed by atoms with Crippen molar-refractivity contribution in [2.45, 2.75) is 32.1 Å². The van der Waals surface area contributed by atoms with Crippen molar-refractivity contribution in [3.8, 4) is 0 Å². The van der Waals surface area contributed by atoms with Crippen LogP contribution in [-0.4, -0.2) is 17.6 Å². The number of unbranched alkanes of at least 4 members (excludes halogenated alkanes) is 2. The molecule has 19 heavy (non-hydrogen) atoms. The topological polar surface area (TPSA) is 40.5 Å². The summed E-state index contributed by atoms with van der Waals surface area (Å²) in [5.74, 6) is -0.704. The molecule has 0 saturated carbocycles. The largest absolute Gasteiger partial charge is 0.481 e. The number of halogens is 1. The first-order valence-corrected chi connectivity index (χ1v) is 7.40. The number of aliphatic carboxylic acids is 1. The third kappa shape index (κ3) is 3.83. The fourth-order valence-corrected chi connectivity index (χ4v) is 2.85. The number of benzene rings is 1. The molecule has 1 aliphatic rings. The Morgan fingerprint density at radius 1 is 1.26 bits per heavy atom. The zero-order valence-electron chi connectivity index (χ0n) is 10.8. The number of hydrogen-bond acceptors (Lipinski definition) is 2. The average Bonchev–Trinajstić information content (AvgIpc) is 2.40. The summed E-state index contributed by atoms with van der Waals surface area (Å²) in [6.45, 7) is 0.924. The second-order valence-corrected chi connectivity index (χ2v) is 5.53. The molecule has 0 unspecified atom stereocenters. The molecule has 0 fully saturated rings. The molecule has 0 saturated heterocycles. The van der Waals surface area contributed by atoms with Crippen LogP contribution in [-0.2, 0) is 11.2 Å². The van der Waals surface area contributed by atoms with E-state index in [0.717, 1.165) is 36.8 Å². The highest BCUT2D eigenvalue weighted by atomic mass is 79.9. The lowest BCUT2D eigenvalue weighted by atomic mass is 10.1. The van der Waals surface area contributed by atoms with Crippen LogP contribution in [0.3, 0.4) is 0 Å². The van der Waals surface area contributed by atoms with Crippen LogP contribution in [0.2, 0.25) is 0 Å². The summed E-state index contributed by atoms with van der Waals surface area (Å²) in [7, 11) is 0. The van der Waals surface area contributed by atoms with Gasteiger partial charge in [-0.05, 0) is 52.9 Å². The molecule has 1 N–H and O–H groups in total. The monoisotopic (exact) mass is 323 g/mol. The van der Waals surface area contributed by atoms with Crippen LogP contribution < -0.4 is 4.90 Å². The highest BCUT2D eigenvalue weighted by molar-refractivity contribution is 9.11. The lowest BCUT2D eigenvalue weighted by Crippen LogP contribution is -2.24. The van der Waals surface area contributed by atoms with E-state index < -0.39 is 5.97 Å². The van der Waals surface area contributed by atoms with Gasteiger partial charge >= 0.3 is 5.97 Å². The Kier molecular flexibility index (Phi) is 5.02. The number of carboxylic acids is 1. The quantitative estimate of drug-likeness (QED) is 0.637. The molecule has 2 rings (SSSR count). The first-order chi connectivity index (χ1) is 9.18. The van der Waals surface area contributed by atoms with Crippen molar-refractivity contribution in [2.24, 2.45) is 0 Å². The van der Waals surface area contributed by atoms with Gasteiger partial charge < -0.3 is 10.0 Å². The molecule has 0 aliphatic carbocycles. The average molecular weight is 324 g/mol. The Hall–Kier alpha value is -1.29. The number of para-hydroxylation sites is 1. The molecular formula is C15H18BrNO2. The van der Waals surface area contributed by atoms with Gasteiger partial charge in [-0.15, -0.1) is 0 Å². The molecule has 0 bridgehead atoms. The minimum atomic E-state index is -0.704. The van der Waals surface area contributed by atoms with Gasteiger partial charge in [0.2, 0.25) is 0 Å². The normalized spacial score (nSPS) is 13.9. The summed E-state index contributed by atoms with van der Waals surface area (Å²) in [5.41, 5.74) is 2.60. The molecule has 1 heterocycles. The molecular weight excluding hydrogens is 306 g/mol. The Balaban J connectivity index is 1.90. The smallest absolute Gasteiger partial charge is 0.303 e. The number of carbonyl (C=O) groups is 1. The number of rotatable bonds is 6. The molecule has 0 spiro atoms. The van der Waals surface area contributed by atoms with Crippen molar-refractivity contribution in [1.29, 1.82) is 0 Å². The van der Waals surface area contributed by atoms with Crippen LogP contribution in [0, 0.1) is 0 Å². The molecule has 0 atom stereocenters. The SMILES string of the molecule is O=C(O)CCCCCN1C(Br)=CCc2ccccc21. The second kappa shape index (κ2) is 6.75. The van der Waals surface area contributed by atoms with E-state index in [1.165, 1.54) is 11.3 Å². The maximum absolute atomic E-state index is 10.5. The van der Waals surface area contributed by atoms with Crippen molar-refractivity contribution < 1.29 is 9.90 Å². The maximum Gasteiger partial charge on any atom is 0.303 e. The van der Waals surface area contributed by atoms with Gasteiger partial charge in [0, 0.05) is 18.7 Å². The summed E-state index contributed by atoms with van der Waals surface area (Å²) in [6.07, 6.45) is 6.13. The predicted molar refractivity (Wildman–Crippen MR) is 80.6 cm³/mol. The lowest BCUT2D eigenvalue weighted by Gasteiger charge is -2.29. The van der Waals surface area contributed by atoms with Gasteiger partial charge in [0.15, 0.2) is 0 Å². The van der Waals surface area contributed by atoms with E-state index in [9.17, 15) is 4.79 Å². The summed E-state index contributed by atoms with van der Waals surface area (Å²) in [5, 5.41) is 8.61. The zero-order valence-corrected chi connectivity index (χ0v) is 12.4. The van der Waals surface area contributed by atoms with Crippen molar-refractivity contribution in [3.05, 3.63) is 40.5 Å². The summed E-state index contributed by atoms with van der Waals surface area (Å²) in [4.78, 5) is 12.7. The van der Waals surface area contributed by atoms with Crippen molar-refractivity contribution in [2.75, 3.05) is 11.4 Å². The van der Waals surface area contributed by atoms with Crippen molar-refractivity contribution in [3.63, 3.8) is 0 Å². The van der Waals surface area contributed by atoms with Crippen LogP contribution in [0.4, 0.5) is 5.69 Å². The van der Waals surface area contributed by atoms with E-state index in [0.29, 0.717) is 0 Å². The van der Waals surface area contributed by atoms with E-state index in [-0.39, 0.29) is 6.42 Å². The predicted octanol–water partition coefficient (Wildman–Crippen LogP) is 3.93. The third-order valence-corrected chi connectivity index (χ3v) is 4.05. The lowest BCUT2D eigenvalue weighted by molar-refractivity contribution is -0.137. The maximum atomic E-state index is 10.5. The number of carboxylic acid groups (broad SMARTS) is 1. The Morgan fingerprint density at radius 3 is 2.84 bits per heavy atom. The first-order valence-electron chi connectivity index (χ1n) is 6.61. The molecule has 0 radical (unpaired) electrons. The second-order valence-electron chi connectivity index (χ2n) is 4.72. The first kappa shape index (κ1) is 14.1. The van der Waals surface area contributed by atoms with Crippen LogP contribution in [0.1, 0.15) is 31.2 Å². The Morgan fingerprint density at radius 2 is 2.05 bits per heavy atom. The van der Waals surface area contributed by atoms with Gasteiger partial charge in [-0.3, -0.25) is 4.79 Å². The van der Waals surface area contributed by atoms with E-state index >= 15 is 0 Å². The molecule has 1 aliphatic heterocycles. The minimum absolute atomic E-state index is 0.271. The minimum Gasteiger partial charge on any atom is -0.481 e. The van der Waals surface area contributed by atoms with E-state index in [2.05, 4.69) is 51.2 Å². The molecule has 3 nitrogen and oxygen atoms in total. The highest BCUT2D eigenvalue weighted by Gasteiger charge is 2.16. The molecule has 102 valence electrons. The van der Waals surface area contributed by atoms with E-state index in [4.69, 9.17) is 5.11 Å². The zero-order chi connectivity index (χ0) is 13.7. The van der Waals surface area contributed by atoms with Crippen molar-refractivity contribution in [1.82, 2.24) is 0 Å². The molecule has 4 heteroatoms. The molecule has 1 aromatic carbocycles. The van der Waals surface area contributed by atoms with Crippen LogP contribution in [0.15, 0.2) is 34.9 Å². The summed E-state index contributed by atoms with van der Waals surface area (Å²) >= 11 is 3.61. The highest BCUT2D eigenvalue weighted by Crippen LogP contribution is 2.32. The van der Waals surface area contributed by atoms with Gasteiger partial charge in [-0.25, -0.2) is 0 Å². The van der Waals surface area contributed by atoms with E-state index in [1.807, 2.05) is 0 Å². The summed E-state index contributed by atoms with van der Waals surface area (Å²) in [6, 6.07) is 8.42. The third-order valence-electron chi connectivity index (χ3n) is 3.30. The number of hydrogen-bond donors (Lipinski definition) is 1. The number of anilines is 1. The molecule has 0 amide bonds. The fourth-order valence-electron chi connectivity index (χ4n) is 2.32. The van der Waals surface area contributed by atoms with Gasteiger partial charge in [-0.2, -0.15) is 0 Å². The summed E-state index contributed by atoms with van der Waals surface area (Å²) < 4.78 is 1.12. The van der Waals surface area contributed by atoms with Crippen LogP contribution in [0.5, 0.6) is 0 Å². The number of fused-ring (bicyclic) bond motifs is 1. The van der Waals surface area contributed by atoms with E-state index in [1.54, 1.807) is 0 Å². The molecule has 1 aromatic rings. The van der Waals surface area contributed by atoms with Gasteiger partial charge in [0.1, 0.15) is 0 Å².